The Balaban J connectivity index is 5.30. The van der Waals surface area contributed by atoms with E-state index in [1.165, 1.54) is 18.7 Å². The van der Waals surface area contributed by atoms with Crippen LogP contribution in [0, 0.1) is 0 Å². The molecule has 31 heavy (non-hydrogen) atoms. The van der Waals surface area contributed by atoms with Crippen LogP contribution in [-0.4, -0.2) is 77.4 Å². The third-order valence-electron chi connectivity index (χ3n) is 4.32. The van der Waals surface area contributed by atoms with Crippen LogP contribution in [-0.2, 0) is 24.0 Å². The molecule has 0 aliphatic heterocycles. The van der Waals surface area contributed by atoms with Crippen LogP contribution >= 0.6 is 11.8 Å². The van der Waals surface area contributed by atoms with E-state index < -0.39 is 60.2 Å². The predicted molar refractivity (Wildman–Crippen MR) is 117 cm³/mol. The third-order valence-corrected chi connectivity index (χ3v) is 4.96. The lowest BCUT2D eigenvalue weighted by molar-refractivity contribution is -0.142. The number of primary amides is 1. The fraction of sp³-hybridized carbons (Fsp3) is 0.722. The number of amides is 4. The molecule has 0 aromatic carbocycles. The molecule has 0 aliphatic rings. The van der Waals surface area contributed by atoms with E-state index in [9.17, 15) is 24.0 Å². The maximum Gasteiger partial charge on any atom is 0.325 e. The smallest absolute Gasteiger partial charge is 0.325 e. The number of hydrogen-bond donors (Lipinski definition) is 7. The molecule has 0 rings (SSSR count). The summed E-state index contributed by atoms with van der Waals surface area (Å²) in [5.74, 6) is -3.58. The molecule has 0 saturated heterocycles. The second kappa shape index (κ2) is 15.4. The number of hydrogen-bond acceptors (Lipinski definition) is 8. The molecule has 4 amide bonds. The van der Waals surface area contributed by atoms with Gasteiger partial charge in [-0.15, -0.1) is 0 Å². The van der Waals surface area contributed by atoms with Crippen molar-refractivity contribution < 1.29 is 29.1 Å². The second-order valence-electron chi connectivity index (χ2n) is 7.03. The van der Waals surface area contributed by atoms with E-state index in [1.807, 2.05) is 6.26 Å². The topological polar surface area (TPSA) is 220 Å². The van der Waals surface area contributed by atoms with Crippen molar-refractivity contribution in [3.8, 4) is 0 Å². The first-order chi connectivity index (χ1) is 14.5. The van der Waals surface area contributed by atoms with E-state index in [4.69, 9.17) is 22.3 Å². The summed E-state index contributed by atoms with van der Waals surface area (Å²) in [4.78, 5) is 59.8. The van der Waals surface area contributed by atoms with Crippen molar-refractivity contribution in [1.82, 2.24) is 16.0 Å². The summed E-state index contributed by atoms with van der Waals surface area (Å²) in [5.41, 5.74) is 16.4. The van der Waals surface area contributed by atoms with E-state index in [0.29, 0.717) is 31.6 Å². The van der Waals surface area contributed by atoms with Crippen molar-refractivity contribution in [1.29, 1.82) is 0 Å². The Kier molecular flexibility index (Phi) is 14.2. The Bertz CT molecular complexity index is 635. The Morgan fingerprint density at radius 3 is 2.03 bits per heavy atom. The lowest BCUT2D eigenvalue weighted by Crippen LogP contribution is -2.57. The number of unbranched alkanes of at least 4 members (excludes halogenated alkanes) is 1. The van der Waals surface area contributed by atoms with Gasteiger partial charge in [-0.2, -0.15) is 11.8 Å². The third kappa shape index (κ3) is 12.2. The minimum absolute atomic E-state index is 0.186. The zero-order valence-electron chi connectivity index (χ0n) is 17.9. The lowest BCUT2D eigenvalue weighted by atomic mass is 10.1. The van der Waals surface area contributed by atoms with Crippen LogP contribution in [0.1, 0.15) is 39.0 Å². The molecule has 0 saturated carbocycles. The van der Waals surface area contributed by atoms with Gasteiger partial charge >= 0.3 is 5.97 Å². The number of carboxylic acid groups (broad SMARTS) is 1. The molecular formula is C18H34N6O6S. The van der Waals surface area contributed by atoms with Crippen molar-refractivity contribution in [2.45, 2.75) is 63.2 Å². The minimum atomic E-state index is -1.33. The fourth-order valence-electron chi connectivity index (χ4n) is 2.47. The highest BCUT2D eigenvalue weighted by Crippen LogP contribution is 2.05. The molecule has 0 aromatic rings. The number of nitrogens with two attached hydrogens (primary N) is 3. The lowest BCUT2D eigenvalue weighted by Gasteiger charge is -2.24. The number of thioether (sulfide) groups is 1. The average Bonchev–Trinajstić information content (AvgIpc) is 2.69. The van der Waals surface area contributed by atoms with Gasteiger partial charge in [0.05, 0.1) is 12.5 Å². The van der Waals surface area contributed by atoms with Crippen LogP contribution in [0.4, 0.5) is 0 Å². The molecule has 0 fully saturated rings. The summed E-state index contributed by atoms with van der Waals surface area (Å²) in [7, 11) is 0. The normalized spacial score (nSPS) is 14.6. The molecule has 10 N–H and O–H groups in total. The highest BCUT2D eigenvalue weighted by molar-refractivity contribution is 7.98. The van der Waals surface area contributed by atoms with Gasteiger partial charge in [0.1, 0.15) is 18.1 Å². The minimum Gasteiger partial charge on any atom is -0.480 e. The summed E-state index contributed by atoms with van der Waals surface area (Å²) in [5, 5.41) is 16.1. The fourth-order valence-corrected chi connectivity index (χ4v) is 2.96. The Morgan fingerprint density at radius 1 is 0.935 bits per heavy atom. The Labute approximate surface area is 185 Å². The molecule has 0 spiro atoms. The van der Waals surface area contributed by atoms with E-state index >= 15 is 0 Å². The first-order valence-corrected chi connectivity index (χ1v) is 11.3. The number of carbonyl (C=O) groups is 5. The first kappa shape index (κ1) is 28.6. The zero-order valence-corrected chi connectivity index (χ0v) is 18.7. The standard InChI is InChI=1S/C18H34N6O6S/c1-10(18(29)30)22-16(27)12(5-3-4-7-19)23-17(28)13(9-14(21)25)24-15(26)11(20)6-8-31-2/h10-13H,3-9,19-20H2,1-2H3,(H2,21,25)(H,22,27)(H,23,28)(H,24,26)(H,29,30). The molecular weight excluding hydrogens is 428 g/mol. The SMILES string of the molecule is CSCCC(N)C(=O)NC(CC(N)=O)C(=O)NC(CCCCN)C(=O)NC(C)C(=O)O. The van der Waals surface area contributed by atoms with Crippen LogP contribution in [0.5, 0.6) is 0 Å². The van der Waals surface area contributed by atoms with Crippen molar-refractivity contribution in [2.24, 2.45) is 17.2 Å². The van der Waals surface area contributed by atoms with Crippen molar-refractivity contribution >= 4 is 41.4 Å². The van der Waals surface area contributed by atoms with Gasteiger partial charge in [0, 0.05) is 0 Å². The van der Waals surface area contributed by atoms with Gasteiger partial charge in [0.2, 0.25) is 23.6 Å². The van der Waals surface area contributed by atoms with Gasteiger partial charge < -0.3 is 38.3 Å². The molecule has 178 valence electrons. The number of aliphatic carboxylic acids is 1. The summed E-state index contributed by atoms with van der Waals surface area (Å²) < 4.78 is 0. The van der Waals surface area contributed by atoms with Gasteiger partial charge in [-0.25, -0.2) is 0 Å². The van der Waals surface area contributed by atoms with Gasteiger partial charge in [-0.05, 0) is 51.2 Å². The molecule has 4 atom stereocenters. The molecule has 0 bridgehead atoms. The highest BCUT2D eigenvalue weighted by Gasteiger charge is 2.30. The number of rotatable bonds is 16. The van der Waals surface area contributed by atoms with E-state index in [1.54, 1.807) is 0 Å². The van der Waals surface area contributed by atoms with Crippen molar-refractivity contribution in [3.05, 3.63) is 0 Å². The Hall–Kier alpha value is -2.38. The van der Waals surface area contributed by atoms with E-state index in [-0.39, 0.29) is 6.42 Å². The van der Waals surface area contributed by atoms with Gasteiger partial charge in [-0.1, -0.05) is 0 Å². The van der Waals surface area contributed by atoms with Crippen LogP contribution in [0.2, 0.25) is 0 Å². The molecule has 0 aromatic heterocycles. The molecule has 0 aliphatic carbocycles. The van der Waals surface area contributed by atoms with E-state index in [2.05, 4.69) is 16.0 Å². The monoisotopic (exact) mass is 462 g/mol. The predicted octanol–water partition coefficient (Wildman–Crippen LogP) is -2.37. The Morgan fingerprint density at radius 2 is 1.52 bits per heavy atom. The molecule has 13 heteroatoms. The van der Waals surface area contributed by atoms with Crippen LogP contribution in [0.15, 0.2) is 0 Å². The van der Waals surface area contributed by atoms with Crippen molar-refractivity contribution in [3.63, 3.8) is 0 Å². The van der Waals surface area contributed by atoms with Crippen LogP contribution in [0.25, 0.3) is 0 Å². The summed E-state index contributed by atoms with van der Waals surface area (Å²) in [6.45, 7) is 1.66. The highest BCUT2D eigenvalue weighted by atomic mass is 32.2. The largest absolute Gasteiger partial charge is 0.480 e. The van der Waals surface area contributed by atoms with Gasteiger partial charge in [0.15, 0.2) is 0 Å². The summed E-state index contributed by atoms with van der Waals surface area (Å²) in [6, 6.07) is -4.46. The maximum atomic E-state index is 12.7. The van der Waals surface area contributed by atoms with Gasteiger partial charge in [0.25, 0.3) is 0 Å². The number of carbonyl (C=O) groups excluding carboxylic acids is 4. The average molecular weight is 463 g/mol. The van der Waals surface area contributed by atoms with Crippen molar-refractivity contribution in [2.75, 3.05) is 18.6 Å². The quantitative estimate of drug-likeness (QED) is 0.122. The zero-order chi connectivity index (χ0) is 24.0. The molecule has 0 radical (unpaired) electrons. The second-order valence-corrected chi connectivity index (χ2v) is 8.02. The van der Waals surface area contributed by atoms with Crippen LogP contribution < -0.4 is 33.2 Å². The maximum absolute atomic E-state index is 12.7. The van der Waals surface area contributed by atoms with Crippen LogP contribution in [0.3, 0.4) is 0 Å². The summed E-state index contributed by atoms with van der Waals surface area (Å²) >= 11 is 1.50. The van der Waals surface area contributed by atoms with E-state index in [0.717, 1.165) is 0 Å². The first-order valence-electron chi connectivity index (χ1n) is 9.90. The summed E-state index contributed by atoms with van der Waals surface area (Å²) in [6.07, 6.45) is 2.99. The molecule has 0 heterocycles. The number of nitrogens with one attached hydrogen (secondary N) is 3. The van der Waals surface area contributed by atoms with Gasteiger partial charge in [-0.3, -0.25) is 24.0 Å². The molecule has 4 unspecified atom stereocenters. The number of carboxylic acids is 1. The molecule has 12 nitrogen and oxygen atoms in total.